The Balaban J connectivity index is 1.80. The van der Waals surface area contributed by atoms with Gasteiger partial charge in [0.1, 0.15) is 30.7 Å². The largest absolute Gasteiger partial charge is 0.394 e. The van der Waals surface area contributed by atoms with Gasteiger partial charge >= 0.3 is 0 Å². The molecule has 11 heteroatoms. The Bertz CT molecular complexity index is 827. The van der Waals surface area contributed by atoms with Crippen molar-refractivity contribution < 1.29 is 29.7 Å². The molecule has 28 heavy (non-hydrogen) atoms. The summed E-state index contributed by atoms with van der Waals surface area (Å²) in [4.78, 5) is 20.3. The number of ether oxygens (including phenoxy) is 1. The van der Waals surface area contributed by atoms with E-state index >= 15 is 0 Å². The minimum Gasteiger partial charge on any atom is -0.394 e. The minimum absolute atomic E-state index is 0.0920. The highest BCUT2D eigenvalue weighted by atomic mass is 16.6. The van der Waals surface area contributed by atoms with Gasteiger partial charge in [0.2, 0.25) is 6.41 Å². The zero-order valence-corrected chi connectivity index (χ0v) is 14.8. The van der Waals surface area contributed by atoms with E-state index in [1.54, 1.807) is 0 Å². The molecule has 1 aromatic carbocycles. The number of carbonyl (C=O) groups excluding carboxylic acids is 1. The number of aliphatic hydroxyl groups is 3. The SMILES string of the molecule is N/C(=N\OCc1ccccc1)c1ncn([C@@H]2O[C@H](CO)[C@@H](O)[C@H]2O)c1NC=O. The van der Waals surface area contributed by atoms with Crippen molar-refractivity contribution in [2.45, 2.75) is 31.1 Å². The summed E-state index contributed by atoms with van der Waals surface area (Å²) in [6.07, 6.45) is -3.05. The molecule has 1 aliphatic heterocycles. The number of amides is 1. The van der Waals surface area contributed by atoms with E-state index in [2.05, 4.69) is 15.5 Å². The Labute approximate surface area is 160 Å². The van der Waals surface area contributed by atoms with E-state index in [0.717, 1.165) is 5.56 Å². The van der Waals surface area contributed by atoms with Crippen LogP contribution in [0, 0.1) is 0 Å². The highest BCUT2D eigenvalue weighted by Gasteiger charge is 2.44. The Kier molecular flexibility index (Phi) is 6.21. The molecule has 2 aromatic rings. The third kappa shape index (κ3) is 3.97. The number of amidine groups is 1. The molecule has 4 atom stereocenters. The van der Waals surface area contributed by atoms with Crippen LogP contribution in [0.25, 0.3) is 0 Å². The minimum atomic E-state index is -1.35. The Morgan fingerprint density at radius 1 is 1.36 bits per heavy atom. The third-order valence-corrected chi connectivity index (χ3v) is 4.26. The Hall–Kier alpha value is -2.99. The Morgan fingerprint density at radius 2 is 2.11 bits per heavy atom. The van der Waals surface area contributed by atoms with Gasteiger partial charge in [-0.1, -0.05) is 35.5 Å². The lowest BCUT2D eigenvalue weighted by atomic mass is 10.1. The maximum Gasteiger partial charge on any atom is 0.212 e. The average molecular weight is 391 g/mol. The summed E-state index contributed by atoms with van der Waals surface area (Å²) < 4.78 is 6.73. The molecule has 1 amide bonds. The molecule has 1 saturated heterocycles. The van der Waals surface area contributed by atoms with Gasteiger partial charge in [-0.15, -0.1) is 0 Å². The van der Waals surface area contributed by atoms with Crippen LogP contribution in [0.1, 0.15) is 17.5 Å². The molecular weight excluding hydrogens is 370 g/mol. The summed E-state index contributed by atoms with van der Waals surface area (Å²) in [7, 11) is 0. The molecule has 0 unspecified atom stereocenters. The van der Waals surface area contributed by atoms with Gasteiger partial charge in [-0.2, -0.15) is 0 Å². The second kappa shape index (κ2) is 8.80. The predicted octanol–water partition coefficient (Wildman–Crippen LogP) is -1.10. The molecule has 150 valence electrons. The van der Waals surface area contributed by atoms with E-state index < -0.39 is 31.1 Å². The zero-order chi connectivity index (χ0) is 20.1. The number of nitrogens with zero attached hydrogens (tertiary/aromatic N) is 3. The summed E-state index contributed by atoms with van der Waals surface area (Å²) in [6, 6.07) is 9.33. The number of nitrogens with one attached hydrogen (secondary N) is 1. The van der Waals surface area contributed by atoms with Gasteiger partial charge in [0.15, 0.2) is 17.8 Å². The normalized spacial score (nSPS) is 24.9. The molecule has 1 aliphatic rings. The number of rotatable bonds is 8. The van der Waals surface area contributed by atoms with Gasteiger partial charge in [-0.3, -0.25) is 9.36 Å². The van der Waals surface area contributed by atoms with Crippen LogP contribution in [-0.4, -0.2) is 62.0 Å². The lowest BCUT2D eigenvalue weighted by Gasteiger charge is -2.18. The van der Waals surface area contributed by atoms with Crippen LogP contribution < -0.4 is 11.1 Å². The van der Waals surface area contributed by atoms with E-state index in [9.17, 15) is 20.1 Å². The van der Waals surface area contributed by atoms with Gasteiger partial charge in [0.05, 0.1) is 12.9 Å². The molecule has 11 nitrogen and oxygen atoms in total. The second-order valence-corrected chi connectivity index (χ2v) is 6.08. The van der Waals surface area contributed by atoms with Crippen molar-refractivity contribution in [3.05, 3.63) is 47.9 Å². The fraction of sp³-hybridized carbons (Fsp3) is 0.353. The van der Waals surface area contributed by atoms with Crippen LogP contribution in [0.2, 0.25) is 0 Å². The van der Waals surface area contributed by atoms with Crippen LogP contribution >= 0.6 is 0 Å². The van der Waals surface area contributed by atoms with Crippen LogP contribution in [0.5, 0.6) is 0 Å². The number of hydrogen-bond acceptors (Lipinski definition) is 8. The predicted molar refractivity (Wildman–Crippen MR) is 96.9 cm³/mol. The number of oxime groups is 1. The van der Waals surface area contributed by atoms with Crippen LogP contribution in [0.4, 0.5) is 5.82 Å². The quantitative estimate of drug-likeness (QED) is 0.164. The second-order valence-electron chi connectivity index (χ2n) is 6.08. The van der Waals surface area contributed by atoms with E-state index in [-0.39, 0.29) is 24.0 Å². The summed E-state index contributed by atoms with van der Waals surface area (Å²) in [5.74, 6) is -0.0137. The maximum atomic E-state index is 11.0. The van der Waals surface area contributed by atoms with Crippen molar-refractivity contribution in [1.29, 1.82) is 0 Å². The standard InChI is InChI=1S/C17H21N5O6/c18-15(21-27-7-10-4-2-1-3-5-10)12-16(20-9-24)22(8-19-12)17-14(26)13(25)11(6-23)28-17/h1-5,8-9,11,13-14,17,23,25-26H,6-7H2,(H2,18,21)(H,20,24)/t11-,13-,14-,17-/m1/s1. The first-order valence-corrected chi connectivity index (χ1v) is 8.46. The van der Waals surface area contributed by atoms with Gasteiger partial charge < -0.3 is 35.9 Å². The monoisotopic (exact) mass is 391 g/mol. The van der Waals surface area contributed by atoms with Crippen molar-refractivity contribution in [2.75, 3.05) is 11.9 Å². The lowest BCUT2D eigenvalue weighted by Crippen LogP contribution is -2.33. The molecule has 6 N–H and O–H groups in total. The maximum absolute atomic E-state index is 11.0. The number of benzene rings is 1. The number of aliphatic hydroxyl groups excluding tert-OH is 3. The molecule has 0 bridgehead atoms. The molecule has 1 aromatic heterocycles. The highest BCUT2D eigenvalue weighted by molar-refractivity contribution is 6.01. The molecule has 1 fully saturated rings. The molecule has 2 heterocycles. The summed E-state index contributed by atoms with van der Waals surface area (Å²) in [6.45, 7) is -0.294. The summed E-state index contributed by atoms with van der Waals surface area (Å²) >= 11 is 0. The van der Waals surface area contributed by atoms with Crippen LogP contribution in [0.15, 0.2) is 41.8 Å². The van der Waals surface area contributed by atoms with Crippen LogP contribution in [-0.2, 0) is 21.0 Å². The van der Waals surface area contributed by atoms with Crippen LogP contribution in [0.3, 0.4) is 0 Å². The molecule has 3 rings (SSSR count). The summed E-state index contributed by atoms with van der Waals surface area (Å²) in [5.41, 5.74) is 6.90. The summed E-state index contributed by atoms with van der Waals surface area (Å²) in [5, 5.41) is 35.6. The fourth-order valence-corrected chi connectivity index (χ4v) is 2.84. The number of aromatic nitrogens is 2. The van der Waals surface area contributed by atoms with Gasteiger partial charge in [-0.25, -0.2) is 4.98 Å². The first-order chi connectivity index (χ1) is 13.6. The van der Waals surface area contributed by atoms with E-state index in [4.69, 9.17) is 15.3 Å². The first kappa shape index (κ1) is 19.8. The van der Waals surface area contributed by atoms with Crippen molar-refractivity contribution in [3.63, 3.8) is 0 Å². The van der Waals surface area contributed by atoms with Crippen molar-refractivity contribution in [1.82, 2.24) is 9.55 Å². The number of nitrogens with two attached hydrogens (primary N) is 1. The van der Waals surface area contributed by atoms with E-state index in [1.165, 1.54) is 10.9 Å². The van der Waals surface area contributed by atoms with Gasteiger partial charge in [0.25, 0.3) is 0 Å². The third-order valence-electron chi connectivity index (χ3n) is 4.26. The van der Waals surface area contributed by atoms with Gasteiger partial charge in [0, 0.05) is 0 Å². The number of imidazole rings is 1. The molecular formula is C17H21N5O6. The number of carbonyl (C=O) groups is 1. The van der Waals surface area contributed by atoms with Crippen molar-refractivity contribution in [3.8, 4) is 0 Å². The smallest absolute Gasteiger partial charge is 0.212 e. The molecule has 0 saturated carbocycles. The number of anilines is 1. The molecule has 0 aliphatic carbocycles. The van der Waals surface area contributed by atoms with Crippen molar-refractivity contribution >= 4 is 18.1 Å². The van der Waals surface area contributed by atoms with E-state index in [1.807, 2.05) is 30.3 Å². The highest BCUT2D eigenvalue weighted by Crippen LogP contribution is 2.32. The number of hydrogen-bond donors (Lipinski definition) is 5. The first-order valence-electron chi connectivity index (χ1n) is 8.46. The van der Waals surface area contributed by atoms with Gasteiger partial charge in [-0.05, 0) is 5.56 Å². The zero-order valence-electron chi connectivity index (χ0n) is 14.8. The molecule has 0 spiro atoms. The molecule has 0 radical (unpaired) electrons. The Morgan fingerprint density at radius 3 is 2.75 bits per heavy atom. The average Bonchev–Trinajstić information content (AvgIpc) is 3.24. The van der Waals surface area contributed by atoms with Crippen molar-refractivity contribution in [2.24, 2.45) is 10.9 Å². The fourth-order valence-electron chi connectivity index (χ4n) is 2.84. The van der Waals surface area contributed by atoms with E-state index in [0.29, 0.717) is 6.41 Å². The topological polar surface area (TPSA) is 164 Å². The lowest BCUT2D eigenvalue weighted by molar-refractivity contribution is -0.105.